The Morgan fingerprint density at radius 1 is 1.30 bits per heavy atom. The number of anilines is 1. The largest absolute Gasteiger partial charge is 0.349 e. The summed E-state index contributed by atoms with van der Waals surface area (Å²) in [6, 6.07) is 7.14. The summed E-state index contributed by atoms with van der Waals surface area (Å²) < 4.78 is 0. The first kappa shape index (κ1) is 17.8. The van der Waals surface area contributed by atoms with E-state index >= 15 is 0 Å². The second kappa shape index (κ2) is 8.31. The fourth-order valence-electron chi connectivity index (χ4n) is 2.82. The van der Waals surface area contributed by atoms with E-state index in [9.17, 15) is 9.59 Å². The minimum atomic E-state index is -0.0150. The van der Waals surface area contributed by atoms with Crippen molar-refractivity contribution >= 4 is 29.1 Å². The summed E-state index contributed by atoms with van der Waals surface area (Å²) in [5.41, 5.74) is 0.720. The van der Waals surface area contributed by atoms with E-state index in [1.54, 1.807) is 31.1 Å². The Labute approximate surface area is 142 Å². The second-order valence-corrected chi connectivity index (χ2v) is 6.59. The van der Waals surface area contributed by atoms with Crippen LogP contribution in [0.3, 0.4) is 0 Å². The van der Waals surface area contributed by atoms with Crippen molar-refractivity contribution < 1.29 is 9.59 Å². The first-order valence-electron chi connectivity index (χ1n) is 7.94. The van der Waals surface area contributed by atoms with Crippen LogP contribution in [0.25, 0.3) is 0 Å². The van der Waals surface area contributed by atoms with E-state index in [-0.39, 0.29) is 17.7 Å². The Kier molecular flexibility index (Phi) is 6.42. The Morgan fingerprint density at radius 3 is 2.61 bits per heavy atom. The number of carbonyl (C=O) groups excluding carboxylic acids is 2. The van der Waals surface area contributed by atoms with Gasteiger partial charge in [0.25, 0.3) is 0 Å². The van der Waals surface area contributed by atoms with E-state index in [2.05, 4.69) is 10.2 Å². The number of likely N-dealkylation sites (tertiary alicyclic amines) is 1. The lowest BCUT2D eigenvalue weighted by molar-refractivity contribution is -0.134. The molecule has 23 heavy (non-hydrogen) atoms. The van der Waals surface area contributed by atoms with Crippen LogP contribution in [0.1, 0.15) is 19.3 Å². The van der Waals surface area contributed by atoms with Gasteiger partial charge in [-0.3, -0.25) is 9.59 Å². The minimum absolute atomic E-state index is 0.0150. The van der Waals surface area contributed by atoms with E-state index in [1.807, 2.05) is 12.1 Å². The molecule has 126 valence electrons. The van der Waals surface area contributed by atoms with Crippen molar-refractivity contribution in [1.82, 2.24) is 9.80 Å². The molecule has 1 aliphatic heterocycles. The van der Waals surface area contributed by atoms with Crippen LogP contribution < -0.4 is 5.32 Å². The number of nitrogens with zero attached hydrogens (tertiary/aromatic N) is 2. The first-order chi connectivity index (χ1) is 11.0. The van der Waals surface area contributed by atoms with Gasteiger partial charge in [0.1, 0.15) is 0 Å². The van der Waals surface area contributed by atoms with Gasteiger partial charge in [-0.1, -0.05) is 17.7 Å². The highest BCUT2D eigenvalue weighted by Crippen LogP contribution is 2.19. The minimum Gasteiger partial charge on any atom is -0.349 e. The molecule has 6 heteroatoms. The summed E-state index contributed by atoms with van der Waals surface area (Å²) in [5, 5.41) is 3.46. The maximum Gasteiger partial charge on any atom is 0.225 e. The lowest BCUT2D eigenvalue weighted by atomic mass is 9.95. The summed E-state index contributed by atoms with van der Waals surface area (Å²) in [5.74, 6) is 0.323. The lowest BCUT2D eigenvalue weighted by Crippen LogP contribution is -2.41. The summed E-state index contributed by atoms with van der Waals surface area (Å²) in [7, 11) is 3.60. The molecule has 1 aromatic carbocycles. The van der Waals surface area contributed by atoms with Crippen LogP contribution in [-0.2, 0) is 9.59 Å². The molecule has 1 heterocycles. The SMILES string of the molecule is CN(C)C(=O)C1CCN(CCC(=O)Nc2cccc(Cl)c2)CC1. The molecule has 1 fully saturated rings. The van der Waals surface area contributed by atoms with Crippen LogP contribution in [0.4, 0.5) is 5.69 Å². The van der Waals surface area contributed by atoms with Crippen molar-refractivity contribution in [2.45, 2.75) is 19.3 Å². The average molecular weight is 338 g/mol. The topological polar surface area (TPSA) is 52.7 Å². The van der Waals surface area contributed by atoms with Crippen LogP contribution in [-0.4, -0.2) is 55.3 Å². The molecule has 1 N–H and O–H groups in total. The number of piperidine rings is 1. The van der Waals surface area contributed by atoms with Gasteiger partial charge in [0.15, 0.2) is 0 Å². The van der Waals surface area contributed by atoms with Crippen LogP contribution in [0.5, 0.6) is 0 Å². The van der Waals surface area contributed by atoms with Crippen molar-refractivity contribution in [3.63, 3.8) is 0 Å². The quantitative estimate of drug-likeness (QED) is 0.898. The molecule has 0 bridgehead atoms. The van der Waals surface area contributed by atoms with Crippen LogP contribution in [0.2, 0.25) is 5.02 Å². The molecule has 2 rings (SSSR count). The van der Waals surface area contributed by atoms with Gasteiger partial charge < -0.3 is 15.1 Å². The summed E-state index contributed by atoms with van der Waals surface area (Å²) in [6.45, 7) is 2.46. The van der Waals surface area contributed by atoms with E-state index in [0.29, 0.717) is 11.4 Å². The summed E-state index contributed by atoms with van der Waals surface area (Å²) in [4.78, 5) is 27.8. The van der Waals surface area contributed by atoms with Crippen LogP contribution >= 0.6 is 11.6 Å². The molecule has 0 saturated carbocycles. The van der Waals surface area contributed by atoms with Gasteiger partial charge in [0.2, 0.25) is 11.8 Å². The number of benzene rings is 1. The van der Waals surface area contributed by atoms with Gasteiger partial charge in [-0.25, -0.2) is 0 Å². The lowest BCUT2D eigenvalue weighted by Gasteiger charge is -2.32. The number of halogens is 1. The van der Waals surface area contributed by atoms with Crippen molar-refractivity contribution in [3.05, 3.63) is 29.3 Å². The number of amides is 2. The zero-order chi connectivity index (χ0) is 16.8. The van der Waals surface area contributed by atoms with Gasteiger partial charge in [0, 0.05) is 43.7 Å². The fourth-order valence-corrected chi connectivity index (χ4v) is 3.01. The molecule has 1 saturated heterocycles. The van der Waals surface area contributed by atoms with Gasteiger partial charge in [-0.15, -0.1) is 0 Å². The fraction of sp³-hybridized carbons (Fsp3) is 0.529. The van der Waals surface area contributed by atoms with Crippen molar-refractivity contribution in [1.29, 1.82) is 0 Å². The predicted octanol–water partition coefficient (Wildman–Crippen LogP) is 2.47. The second-order valence-electron chi connectivity index (χ2n) is 6.16. The maximum atomic E-state index is 12.0. The molecule has 0 spiro atoms. The molecule has 0 aliphatic carbocycles. The number of hydrogen-bond acceptors (Lipinski definition) is 3. The van der Waals surface area contributed by atoms with Gasteiger partial charge >= 0.3 is 0 Å². The average Bonchev–Trinajstić information content (AvgIpc) is 2.52. The Hall–Kier alpha value is -1.59. The molecular weight excluding hydrogens is 314 g/mol. The third kappa shape index (κ3) is 5.52. The number of carbonyl (C=O) groups is 2. The molecule has 5 nitrogen and oxygen atoms in total. The highest BCUT2D eigenvalue weighted by molar-refractivity contribution is 6.30. The zero-order valence-electron chi connectivity index (χ0n) is 13.7. The van der Waals surface area contributed by atoms with Crippen LogP contribution in [0, 0.1) is 5.92 Å². The van der Waals surface area contributed by atoms with Gasteiger partial charge in [0.05, 0.1) is 0 Å². The van der Waals surface area contributed by atoms with Crippen molar-refractivity contribution in [3.8, 4) is 0 Å². The summed E-state index contributed by atoms with van der Waals surface area (Å²) >= 11 is 5.90. The molecule has 1 aromatic rings. The van der Waals surface area contributed by atoms with E-state index in [4.69, 9.17) is 11.6 Å². The number of hydrogen-bond donors (Lipinski definition) is 1. The molecule has 0 aromatic heterocycles. The van der Waals surface area contributed by atoms with Gasteiger partial charge in [-0.05, 0) is 44.1 Å². The number of rotatable bonds is 5. The smallest absolute Gasteiger partial charge is 0.225 e. The molecule has 0 atom stereocenters. The highest BCUT2D eigenvalue weighted by Gasteiger charge is 2.25. The molecular formula is C17H24ClN3O2. The zero-order valence-corrected chi connectivity index (χ0v) is 14.5. The summed E-state index contributed by atoms with van der Waals surface area (Å²) in [6.07, 6.45) is 2.18. The third-order valence-corrected chi connectivity index (χ3v) is 4.38. The Balaban J connectivity index is 1.71. The van der Waals surface area contributed by atoms with E-state index in [1.165, 1.54) is 0 Å². The molecule has 1 aliphatic rings. The molecule has 0 unspecified atom stereocenters. The number of nitrogens with one attached hydrogen (secondary N) is 1. The van der Waals surface area contributed by atoms with E-state index in [0.717, 1.165) is 38.2 Å². The maximum absolute atomic E-state index is 12.0. The van der Waals surface area contributed by atoms with E-state index < -0.39 is 0 Å². The van der Waals surface area contributed by atoms with Crippen LogP contribution in [0.15, 0.2) is 24.3 Å². The first-order valence-corrected chi connectivity index (χ1v) is 8.32. The normalized spacial score (nSPS) is 16.1. The van der Waals surface area contributed by atoms with Crippen molar-refractivity contribution in [2.24, 2.45) is 5.92 Å². The molecule has 2 amide bonds. The Bertz CT molecular complexity index is 555. The third-order valence-electron chi connectivity index (χ3n) is 4.14. The molecule has 0 radical (unpaired) electrons. The predicted molar refractivity (Wildman–Crippen MR) is 92.6 cm³/mol. The standard InChI is InChI=1S/C17H24ClN3O2/c1-20(2)17(23)13-6-9-21(10-7-13)11-8-16(22)19-15-5-3-4-14(18)12-15/h3-5,12-13H,6-11H2,1-2H3,(H,19,22). The van der Waals surface area contributed by atoms with Gasteiger partial charge in [-0.2, -0.15) is 0 Å². The Morgan fingerprint density at radius 2 is 2.00 bits per heavy atom. The monoisotopic (exact) mass is 337 g/mol. The van der Waals surface area contributed by atoms with Crippen molar-refractivity contribution in [2.75, 3.05) is 39.0 Å². The highest BCUT2D eigenvalue weighted by atomic mass is 35.5.